The van der Waals surface area contributed by atoms with Gasteiger partial charge in [-0.15, -0.1) is 0 Å². The van der Waals surface area contributed by atoms with E-state index in [1.54, 1.807) is 0 Å². The molecule has 1 aliphatic carbocycles. The van der Waals surface area contributed by atoms with Crippen LogP contribution in [0.25, 0.3) is 0 Å². The third-order valence-electron chi connectivity index (χ3n) is 2.77. The van der Waals surface area contributed by atoms with Crippen molar-refractivity contribution in [1.29, 1.82) is 0 Å². The van der Waals surface area contributed by atoms with E-state index in [-0.39, 0.29) is 5.41 Å². The molecule has 0 aliphatic heterocycles. The van der Waals surface area contributed by atoms with Gasteiger partial charge in [-0.2, -0.15) is 0 Å². The fourth-order valence-electron chi connectivity index (χ4n) is 1.72. The molecular weight excluding hydrogens is 176 g/mol. The summed E-state index contributed by atoms with van der Waals surface area (Å²) in [5.41, 5.74) is 1.79. The summed E-state index contributed by atoms with van der Waals surface area (Å²) in [7, 11) is 0. The van der Waals surface area contributed by atoms with Crippen LogP contribution in [0.4, 0.5) is 0 Å². The Kier molecular flexibility index (Phi) is 3.14. The van der Waals surface area contributed by atoms with E-state index in [2.05, 4.69) is 19.9 Å². The van der Waals surface area contributed by atoms with Crippen LogP contribution in [0.5, 0.6) is 0 Å². The molecule has 2 nitrogen and oxygen atoms in total. The van der Waals surface area contributed by atoms with Gasteiger partial charge in [-0.05, 0) is 30.3 Å². The summed E-state index contributed by atoms with van der Waals surface area (Å²) in [4.78, 5) is 10.9. The Morgan fingerprint density at radius 2 is 2.21 bits per heavy atom. The normalized spacial score (nSPS) is 23.4. The van der Waals surface area contributed by atoms with Crippen LogP contribution < -0.4 is 0 Å². The SMILES string of the molecule is CCC(C(=O)O)=C1C=CC(C)(C)CC1. The first kappa shape index (κ1) is 11.0. The van der Waals surface area contributed by atoms with Gasteiger partial charge in [-0.1, -0.05) is 32.9 Å². The summed E-state index contributed by atoms with van der Waals surface area (Å²) in [6.45, 7) is 6.24. The molecule has 14 heavy (non-hydrogen) atoms. The summed E-state index contributed by atoms with van der Waals surface area (Å²) in [6.07, 6.45) is 6.63. The highest BCUT2D eigenvalue weighted by Crippen LogP contribution is 2.33. The minimum absolute atomic E-state index is 0.223. The van der Waals surface area contributed by atoms with Gasteiger partial charge < -0.3 is 5.11 Å². The van der Waals surface area contributed by atoms with Gasteiger partial charge in [0.05, 0.1) is 0 Å². The second kappa shape index (κ2) is 3.99. The predicted molar refractivity (Wildman–Crippen MR) is 57.1 cm³/mol. The van der Waals surface area contributed by atoms with Crippen LogP contribution >= 0.6 is 0 Å². The van der Waals surface area contributed by atoms with Crippen molar-refractivity contribution in [2.24, 2.45) is 5.41 Å². The molecule has 0 atom stereocenters. The molecule has 0 heterocycles. The monoisotopic (exact) mass is 194 g/mol. The molecule has 78 valence electrons. The van der Waals surface area contributed by atoms with Gasteiger partial charge in [-0.25, -0.2) is 4.79 Å². The lowest BCUT2D eigenvalue weighted by atomic mass is 9.80. The van der Waals surface area contributed by atoms with E-state index in [1.807, 2.05) is 13.0 Å². The third-order valence-corrected chi connectivity index (χ3v) is 2.77. The van der Waals surface area contributed by atoms with Crippen LogP contribution in [0.3, 0.4) is 0 Å². The van der Waals surface area contributed by atoms with E-state index in [4.69, 9.17) is 5.11 Å². The highest BCUT2D eigenvalue weighted by Gasteiger charge is 2.21. The lowest BCUT2D eigenvalue weighted by Gasteiger charge is -2.25. The molecule has 1 N–H and O–H groups in total. The number of hydrogen-bond donors (Lipinski definition) is 1. The van der Waals surface area contributed by atoms with Crippen molar-refractivity contribution in [1.82, 2.24) is 0 Å². The van der Waals surface area contributed by atoms with E-state index in [0.717, 1.165) is 18.4 Å². The van der Waals surface area contributed by atoms with E-state index in [1.165, 1.54) is 0 Å². The van der Waals surface area contributed by atoms with Crippen molar-refractivity contribution in [3.63, 3.8) is 0 Å². The van der Waals surface area contributed by atoms with Crippen molar-refractivity contribution >= 4 is 5.97 Å². The molecular formula is C12H18O2. The number of aliphatic carboxylic acids is 1. The topological polar surface area (TPSA) is 37.3 Å². The summed E-state index contributed by atoms with van der Waals surface area (Å²) < 4.78 is 0. The highest BCUT2D eigenvalue weighted by molar-refractivity contribution is 5.88. The second-order valence-electron chi connectivity index (χ2n) is 4.48. The van der Waals surface area contributed by atoms with Crippen LogP contribution in [0.2, 0.25) is 0 Å². The summed E-state index contributed by atoms with van der Waals surface area (Å²) in [6, 6.07) is 0. The second-order valence-corrected chi connectivity index (χ2v) is 4.48. The Balaban J connectivity index is 2.96. The van der Waals surface area contributed by atoms with Gasteiger partial charge in [0.2, 0.25) is 0 Å². The van der Waals surface area contributed by atoms with E-state index in [0.29, 0.717) is 12.0 Å². The number of carboxylic acids is 1. The maximum atomic E-state index is 10.9. The number of carbonyl (C=O) groups is 1. The van der Waals surface area contributed by atoms with Gasteiger partial charge in [0.25, 0.3) is 0 Å². The first-order valence-electron chi connectivity index (χ1n) is 5.11. The molecule has 0 spiro atoms. The van der Waals surface area contributed by atoms with E-state index < -0.39 is 5.97 Å². The average molecular weight is 194 g/mol. The van der Waals surface area contributed by atoms with Crippen LogP contribution in [-0.4, -0.2) is 11.1 Å². The molecule has 0 bridgehead atoms. The molecule has 0 saturated heterocycles. The van der Waals surface area contributed by atoms with Gasteiger partial charge in [0.1, 0.15) is 0 Å². The first-order chi connectivity index (χ1) is 6.46. The zero-order valence-corrected chi connectivity index (χ0v) is 9.13. The maximum Gasteiger partial charge on any atom is 0.331 e. The number of allylic oxidation sites excluding steroid dienone is 3. The molecule has 0 aromatic carbocycles. The molecule has 0 amide bonds. The van der Waals surface area contributed by atoms with Crippen molar-refractivity contribution in [3.05, 3.63) is 23.3 Å². The Morgan fingerprint density at radius 1 is 1.57 bits per heavy atom. The molecule has 1 aliphatic rings. The van der Waals surface area contributed by atoms with Gasteiger partial charge in [0.15, 0.2) is 0 Å². The quantitative estimate of drug-likeness (QED) is 0.685. The van der Waals surface area contributed by atoms with E-state index >= 15 is 0 Å². The molecule has 0 saturated carbocycles. The smallest absolute Gasteiger partial charge is 0.331 e. The number of hydrogen-bond acceptors (Lipinski definition) is 1. The zero-order chi connectivity index (χ0) is 10.8. The molecule has 0 radical (unpaired) electrons. The minimum atomic E-state index is -0.771. The minimum Gasteiger partial charge on any atom is -0.478 e. The van der Waals surface area contributed by atoms with Crippen molar-refractivity contribution < 1.29 is 9.90 Å². The molecule has 2 heteroatoms. The molecule has 0 fully saturated rings. The lowest BCUT2D eigenvalue weighted by molar-refractivity contribution is -0.132. The van der Waals surface area contributed by atoms with Gasteiger partial charge in [0, 0.05) is 5.57 Å². The van der Waals surface area contributed by atoms with Gasteiger partial charge >= 0.3 is 5.97 Å². The third kappa shape index (κ3) is 2.47. The summed E-state index contributed by atoms with van der Waals surface area (Å²) in [5, 5.41) is 8.96. The number of carboxylic acid groups (broad SMARTS) is 1. The molecule has 0 unspecified atom stereocenters. The van der Waals surface area contributed by atoms with Crippen molar-refractivity contribution in [3.8, 4) is 0 Å². The Bertz CT molecular complexity index is 295. The van der Waals surface area contributed by atoms with Crippen LogP contribution in [0.1, 0.15) is 40.0 Å². The predicted octanol–water partition coefficient (Wildman–Crippen LogP) is 3.15. The van der Waals surface area contributed by atoms with Crippen LogP contribution in [-0.2, 0) is 4.79 Å². The average Bonchev–Trinajstić information content (AvgIpc) is 2.08. The summed E-state index contributed by atoms with van der Waals surface area (Å²) >= 11 is 0. The Morgan fingerprint density at radius 3 is 2.57 bits per heavy atom. The maximum absolute atomic E-state index is 10.9. The fraction of sp³-hybridized carbons (Fsp3) is 0.583. The molecule has 0 aromatic heterocycles. The molecule has 1 rings (SSSR count). The van der Waals surface area contributed by atoms with Crippen LogP contribution in [0.15, 0.2) is 23.3 Å². The Labute approximate surface area is 85.3 Å². The lowest BCUT2D eigenvalue weighted by Crippen LogP contribution is -2.13. The van der Waals surface area contributed by atoms with Gasteiger partial charge in [-0.3, -0.25) is 0 Å². The number of rotatable bonds is 2. The van der Waals surface area contributed by atoms with E-state index in [9.17, 15) is 4.79 Å². The zero-order valence-electron chi connectivity index (χ0n) is 9.13. The van der Waals surface area contributed by atoms with Crippen LogP contribution in [0, 0.1) is 5.41 Å². The molecule has 0 aromatic rings. The first-order valence-corrected chi connectivity index (χ1v) is 5.11. The Hall–Kier alpha value is -1.05. The highest BCUT2D eigenvalue weighted by atomic mass is 16.4. The summed E-state index contributed by atoms with van der Waals surface area (Å²) in [5.74, 6) is -0.771. The largest absolute Gasteiger partial charge is 0.478 e. The standard InChI is InChI=1S/C12H18O2/c1-4-10(11(13)14)9-5-7-12(2,3)8-6-9/h5,7H,4,6,8H2,1-3H3,(H,13,14). The fourth-order valence-corrected chi connectivity index (χ4v) is 1.72. The van der Waals surface area contributed by atoms with Crippen molar-refractivity contribution in [2.45, 2.75) is 40.0 Å². The van der Waals surface area contributed by atoms with Crippen molar-refractivity contribution in [2.75, 3.05) is 0 Å².